The SMILES string of the molecule is CCSCC(C)NS(=O)(=O)c1ccccc1O. The van der Waals surface area contributed by atoms with Crippen LogP contribution < -0.4 is 4.72 Å². The summed E-state index contributed by atoms with van der Waals surface area (Å²) in [5.74, 6) is 1.43. The van der Waals surface area contributed by atoms with E-state index in [9.17, 15) is 13.5 Å². The van der Waals surface area contributed by atoms with Gasteiger partial charge in [0, 0.05) is 11.8 Å². The molecule has 0 spiro atoms. The highest BCUT2D eigenvalue weighted by Gasteiger charge is 2.20. The minimum absolute atomic E-state index is 0.0756. The fourth-order valence-electron chi connectivity index (χ4n) is 1.34. The Balaban J connectivity index is 2.79. The molecule has 0 aliphatic rings. The molecule has 0 aromatic heterocycles. The fourth-order valence-corrected chi connectivity index (χ4v) is 3.46. The molecule has 0 amide bonds. The molecule has 0 radical (unpaired) electrons. The Labute approximate surface area is 106 Å². The summed E-state index contributed by atoms with van der Waals surface area (Å²) >= 11 is 1.67. The van der Waals surface area contributed by atoms with Gasteiger partial charge in [0.25, 0.3) is 0 Å². The number of nitrogens with one attached hydrogen (secondary N) is 1. The molecule has 1 rings (SSSR count). The van der Waals surface area contributed by atoms with Crippen molar-refractivity contribution in [2.45, 2.75) is 24.8 Å². The quantitative estimate of drug-likeness (QED) is 0.831. The van der Waals surface area contributed by atoms with Crippen molar-refractivity contribution >= 4 is 21.8 Å². The molecule has 0 saturated heterocycles. The number of aromatic hydroxyl groups is 1. The van der Waals surface area contributed by atoms with Crippen LogP contribution in [0.3, 0.4) is 0 Å². The maximum atomic E-state index is 11.9. The molecular weight excluding hydrogens is 258 g/mol. The van der Waals surface area contributed by atoms with E-state index < -0.39 is 10.0 Å². The second kappa shape index (κ2) is 6.28. The topological polar surface area (TPSA) is 66.4 Å². The summed E-state index contributed by atoms with van der Waals surface area (Å²) in [6.45, 7) is 3.83. The van der Waals surface area contributed by atoms with Crippen molar-refractivity contribution in [2.75, 3.05) is 11.5 Å². The van der Waals surface area contributed by atoms with E-state index in [1.165, 1.54) is 12.1 Å². The zero-order valence-corrected chi connectivity index (χ0v) is 11.5. The van der Waals surface area contributed by atoms with Crippen LogP contribution in [-0.2, 0) is 10.0 Å². The van der Waals surface area contributed by atoms with E-state index in [4.69, 9.17) is 0 Å². The van der Waals surface area contributed by atoms with Crippen LogP contribution in [0.25, 0.3) is 0 Å². The smallest absolute Gasteiger partial charge is 0.244 e. The lowest BCUT2D eigenvalue weighted by Crippen LogP contribution is -2.34. The summed E-state index contributed by atoms with van der Waals surface area (Å²) in [5.41, 5.74) is 0. The van der Waals surface area contributed by atoms with Crippen molar-refractivity contribution in [1.29, 1.82) is 0 Å². The third-order valence-corrected chi connectivity index (χ3v) is 4.86. The molecule has 0 heterocycles. The van der Waals surface area contributed by atoms with Gasteiger partial charge in [0.05, 0.1) is 0 Å². The highest BCUT2D eigenvalue weighted by molar-refractivity contribution is 7.99. The molecule has 1 atom stereocenters. The summed E-state index contributed by atoms with van der Waals surface area (Å²) in [6, 6.07) is 5.76. The molecule has 17 heavy (non-hydrogen) atoms. The van der Waals surface area contributed by atoms with Crippen LogP contribution in [0.15, 0.2) is 29.2 Å². The molecule has 96 valence electrons. The third-order valence-electron chi connectivity index (χ3n) is 2.08. The summed E-state index contributed by atoms with van der Waals surface area (Å²) < 4.78 is 26.4. The molecule has 6 heteroatoms. The monoisotopic (exact) mass is 275 g/mol. The summed E-state index contributed by atoms with van der Waals surface area (Å²) in [7, 11) is -3.63. The van der Waals surface area contributed by atoms with Crippen LogP contribution in [0.1, 0.15) is 13.8 Å². The summed E-state index contributed by atoms with van der Waals surface area (Å²) in [4.78, 5) is -0.0756. The van der Waals surface area contributed by atoms with Gasteiger partial charge in [0.2, 0.25) is 10.0 Å². The Bertz CT molecular complexity index is 460. The molecule has 0 saturated carbocycles. The number of rotatable bonds is 6. The van der Waals surface area contributed by atoms with Gasteiger partial charge < -0.3 is 5.11 Å². The van der Waals surface area contributed by atoms with E-state index in [0.717, 1.165) is 5.75 Å². The molecule has 0 fully saturated rings. The average molecular weight is 275 g/mol. The number of phenols is 1. The van der Waals surface area contributed by atoms with Crippen LogP contribution in [0, 0.1) is 0 Å². The lowest BCUT2D eigenvalue weighted by Gasteiger charge is -2.14. The first-order valence-electron chi connectivity index (χ1n) is 5.35. The zero-order valence-electron chi connectivity index (χ0n) is 9.88. The fraction of sp³-hybridized carbons (Fsp3) is 0.455. The van der Waals surface area contributed by atoms with E-state index in [0.29, 0.717) is 5.75 Å². The second-order valence-electron chi connectivity index (χ2n) is 3.65. The van der Waals surface area contributed by atoms with Crippen molar-refractivity contribution in [1.82, 2.24) is 4.72 Å². The van der Waals surface area contributed by atoms with Crippen molar-refractivity contribution in [2.24, 2.45) is 0 Å². The maximum absolute atomic E-state index is 11.9. The number of para-hydroxylation sites is 1. The molecule has 2 N–H and O–H groups in total. The molecule has 0 bridgehead atoms. The number of benzene rings is 1. The number of hydrogen-bond acceptors (Lipinski definition) is 4. The lowest BCUT2D eigenvalue weighted by molar-refractivity contribution is 0.457. The molecule has 0 aliphatic carbocycles. The Morgan fingerprint density at radius 2 is 2.06 bits per heavy atom. The number of phenolic OH excluding ortho intramolecular Hbond substituents is 1. The zero-order chi connectivity index (χ0) is 12.9. The first-order chi connectivity index (χ1) is 7.97. The number of sulfonamides is 1. The molecular formula is C11H17NO3S2. The van der Waals surface area contributed by atoms with Crippen molar-refractivity contribution in [3.63, 3.8) is 0 Å². The molecule has 1 aromatic rings. The molecule has 1 unspecified atom stereocenters. The highest BCUT2D eigenvalue weighted by Crippen LogP contribution is 2.21. The van der Waals surface area contributed by atoms with E-state index in [-0.39, 0.29) is 16.7 Å². The van der Waals surface area contributed by atoms with Gasteiger partial charge in [-0.3, -0.25) is 0 Å². The number of thioether (sulfide) groups is 1. The first-order valence-corrected chi connectivity index (χ1v) is 7.99. The Hall–Kier alpha value is -0.720. The van der Waals surface area contributed by atoms with Crippen molar-refractivity contribution in [3.05, 3.63) is 24.3 Å². The third kappa shape index (κ3) is 4.22. The van der Waals surface area contributed by atoms with Crippen LogP contribution >= 0.6 is 11.8 Å². The highest BCUT2D eigenvalue weighted by atomic mass is 32.2. The lowest BCUT2D eigenvalue weighted by atomic mass is 10.3. The van der Waals surface area contributed by atoms with E-state index >= 15 is 0 Å². The average Bonchev–Trinajstić information content (AvgIpc) is 2.26. The summed E-state index contributed by atoms with van der Waals surface area (Å²) in [5, 5.41) is 9.51. The van der Waals surface area contributed by atoms with Gasteiger partial charge in [-0.1, -0.05) is 19.1 Å². The van der Waals surface area contributed by atoms with Gasteiger partial charge in [-0.05, 0) is 24.8 Å². The Kier molecular flexibility index (Phi) is 5.30. The van der Waals surface area contributed by atoms with Gasteiger partial charge in [-0.25, -0.2) is 13.1 Å². The summed E-state index contributed by atoms with van der Waals surface area (Å²) in [6.07, 6.45) is 0. The van der Waals surface area contributed by atoms with E-state index in [2.05, 4.69) is 4.72 Å². The predicted octanol–water partition coefficient (Wildman–Crippen LogP) is 1.81. The van der Waals surface area contributed by atoms with E-state index in [1.54, 1.807) is 30.8 Å². The Morgan fingerprint density at radius 1 is 1.41 bits per heavy atom. The number of hydrogen-bond donors (Lipinski definition) is 2. The standard InChI is InChI=1S/C11H17NO3S2/c1-3-16-8-9(2)12-17(14,15)11-7-5-4-6-10(11)13/h4-7,9,12-13H,3,8H2,1-2H3. The Morgan fingerprint density at radius 3 is 2.65 bits per heavy atom. The van der Waals surface area contributed by atoms with Crippen LogP contribution in [0.2, 0.25) is 0 Å². The first kappa shape index (κ1) is 14.3. The minimum atomic E-state index is -3.63. The van der Waals surface area contributed by atoms with Gasteiger partial charge >= 0.3 is 0 Å². The van der Waals surface area contributed by atoms with Crippen LogP contribution in [0.4, 0.5) is 0 Å². The second-order valence-corrected chi connectivity index (χ2v) is 6.65. The van der Waals surface area contributed by atoms with Crippen LogP contribution in [-0.4, -0.2) is 31.1 Å². The van der Waals surface area contributed by atoms with Gasteiger partial charge in [-0.2, -0.15) is 11.8 Å². The van der Waals surface area contributed by atoms with Gasteiger partial charge in [-0.15, -0.1) is 0 Å². The predicted molar refractivity (Wildman–Crippen MR) is 70.9 cm³/mol. The van der Waals surface area contributed by atoms with Gasteiger partial charge in [0.15, 0.2) is 0 Å². The van der Waals surface area contributed by atoms with Crippen molar-refractivity contribution in [3.8, 4) is 5.75 Å². The molecule has 0 aliphatic heterocycles. The normalized spacial score (nSPS) is 13.5. The molecule has 1 aromatic carbocycles. The largest absolute Gasteiger partial charge is 0.507 e. The minimum Gasteiger partial charge on any atom is -0.507 e. The van der Waals surface area contributed by atoms with E-state index in [1.807, 2.05) is 6.92 Å². The molecule has 4 nitrogen and oxygen atoms in total. The maximum Gasteiger partial charge on any atom is 0.244 e. The van der Waals surface area contributed by atoms with Crippen molar-refractivity contribution < 1.29 is 13.5 Å². The van der Waals surface area contributed by atoms with Gasteiger partial charge in [0.1, 0.15) is 10.6 Å². The van der Waals surface area contributed by atoms with Crippen LogP contribution in [0.5, 0.6) is 5.75 Å².